The highest BCUT2D eigenvalue weighted by Crippen LogP contribution is 2.44. The minimum Gasteiger partial charge on any atom is -0.381 e. The van der Waals surface area contributed by atoms with Crippen LogP contribution in [0.5, 0.6) is 0 Å². The van der Waals surface area contributed by atoms with E-state index in [1.54, 1.807) is 0 Å². The van der Waals surface area contributed by atoms with E-state index in [1.807, 2.05) is 45.0 Å². The van der Waals surface area contributed by atoms with Gasteiger partial charge in [0, 0.05) is 5.02 Å². The van der Waals surface area contributed by atoms with Gasteiger partial charge in [0.2, 0.25) is 0 Å². The van der Waals surface area contributed by atoms with Crippen molar-refractivity contribution in [2.75, 3.05) is 0 Å². The Hall–Kier alpha value is -1.39. The number of hydrogen-bond acceptors (Lipinski definition) is 3. The van der Waals surface area contributed by atoms with Gasteiger partial charge >= 0.3 is 0 Å². The fraction of sp³-hybridized carbons (Fsp3) is 0.500. The highest BCUT2D eigenvalue weighted by molar-refractivity contribution is 6.30. The number of aromatic amines is 1. The molecule has 2 rings (SSSR count). The predicted molar refractivity (Wildman–Crippen MR) is 84.2 cm³/mol. The summed E-state index contributed by atoms with van der Waals surface area (Å²) in [6.07, 6.45) is 2.04. The van der Waals surface area contributed by atoms with Gasteiger partial charge in [-0.3, -0.25) is 5.10 Å². The lowest BCUT2D eigenvalue weighted by Crippen LogP contribution is -2.42. The van der Waals surface area contributed by atoms with Gasteiger partial charge in [-0.15, -0.1) is 0 Å². The summed E-state index contributed by atoms with van der Waals surface area (Å²) in [5.41, 5.74) is -0.348. The van der Waals surface area contributed by atoms with Crippen LogP contribution in [0.3, 0.4) is 0 Å². The number of rotatable bonds is 4. The van der Waals surface area contributed by atoms with Crippen molar-refractivity contribution >= 4 is 11.6 Å². The Morgan fingerprint density at radius 2 is 1.86 bits per heavy atom. The minimum absolute atomic E-state index is 0.157. The minimum atomic E-state index is -1.11. The van der Waals surface area contributed by atoms with Crippen LogP contribution in [0, 0.1) is 5.41 Å². The largest absolute Gasteiger partial charge is 0.381 e. The van der Waals surface area contributed by atoms with Crippen LogP contribution in [0.4, 0.5) is 0 Å². The molecule has 2 atom stereocenters. The van der Waals surface area contributed by atoms with Crippen molar-refractivity contribution in [2.45, 2.75) is 45.6 Å². The van der Waals surface area contributed by atoms with Crippen LogP contribution in [0.15, 0.2) is 30.6 Å². The predicted octanol–water partition coefficient (Wildman–Crippen LogP) is 3.89. The quantitative estimate of drug-likeness (QED) is 0.901. The average molecular weight is 308 g/mol. The fourth-order valence-corrected chi connectivity index (χ4v) is 2.62. The zero-order chi connectivity index (χ0) is 15.7. The Bertz CT molecular complexity index is 575. The van der Waals surface area contributed by atoms with Crippen LogP contribution in [0.25, 0.3) is 0 Å². The van der Waals surface area contributed by atoms with Crippen molar-refractivity contribution in [1.82, 2.24) is 15.2 Å². The van der Waals surface area contributed by atoms with E-state index in [0.717, 1.165) is 5.56 Å². The lowest BCUT2D eigenvalue weighted by atomic mass is 9.70. The first kappa shape index (κ1) is 16.0. The molecule has 5 heteroatoms. The van der Waals surface area contributed by atoms with Gasteiger partial charge in [0.05, 0.1) is 0 Å². The van der Waals surface area contributed by atoms with E-state index in [1.165, 1.54) is 6.33 Å². The maximum atomic E-state index is 11.2. The number of halogens is 1. The molecule has 0 amide bonds. The second-order valence-corrected chi connectivity index (χ2v) is 7.03. The van der Waals surface area contributed by atoms with Crippen LogP contribution in [0.2, 0.25) is 5.02 Å². The zero-order valence-corrected chi connectivity index (χ0v) is 13.6. The van der Waals surface area contributed by atoms with Crippen molar-refractivity contribution < 1.29 is 5.11 Å². The number of benzene rings is 1. The molecule has 0 aliphatic heterocycles. The van der Waals surface area contributed by atoms with E-state index in [9.17, 15) is 5.11 Å². The van der Waals surface area contributed by atoms with E-state index < -0.39 is 5.60 Å². The zero-order valence-electron chi connectivity index (χ0n) is 12.9. The van der Waals surface area contributed by atoms with Crippen LogP contribution in [-0.4, -0.2) is 20.3 Å². The van der Waals surface area contributed by atoms with E-state index >= 15 is 0 Å². The Kier molecular flexibility index (Phi) is 4.40. The van der Waals surface area contributed by atoms with Gasteiger partial charge < -0.3 is 5.11 Å². The Balaban J connectivity index is 2.30. The summed E-state index contributed by atoms with van der Waals surface area (Å²) in [5, 5.41) is 18.7. The number of nitrogens with zero attached hydrogens (tertiary/aromatic N) is 2. The molecule has 0 saturated carbocycles. The lowest BCUT2D eigenvalue weighted by Gasteiger charge is -2.39. The lowest BCUT2D eigenvalue weighted by molar-refractivity contribution is -0.0822. The molecule has 0 fully saturated rings. The molecule has 2 aromatic rings. The smallest absolute Gasteiger partial charge is 0.182 e. The van der Waals surface area contributed by atoms with E-state index in [0.29, 0.717) is 17.3 Å². The van der Waals surface area contributed by atoms with Crippen molar-refractivity contribution in [1.29, 1.82) is 0 Å². The average Bonchev–Trinajstić information content (AvgIpc) is 2.92. The molecule has 114 valence electrons. The number of hydrogen-bond donors (Lipinski definition) is 2. The Morgan fingerprint density at radius 1 is 1.24 bits per heavy atom. The third kappa shape index (κ3) is 3.27. The van der Waals surface area contributed by atoms with Gasteiger partial charge in [-0.1, -0.05) is 51.4 Å². The van der Waals surface area contributed by atoms with Crippen molar-refractivity contribution in [3.8, 4) is 0 Å². The standard InChI is InChI=1S/C16H22ClN3O/c1-11(12-5-7-13(17)8-6-12)9-16(21,15(2,3)4)14-18-10-19-20-14/h5-8,10-11,21H,9H2,1-4H3,(H,18,19,20). The maximum absolute atomic E-state index is 11.2. The fourth-order valence-electron chi connectivity index (χ4n) is 2.49. The second-order valence-electron chi connectivity index (χ2n) is 6.59. The highest BCUT2D eigenvalue weighted by Gasteiger charge is 2.45. The van der Waals surface area contributed by atoms with Gasteiger partial charge in [-0.25, -0.2) is 4.98 Å². The third-order valence-electron chi connectivity index (χ3n) is 4.07. The molecular formula is C16H22ClN3O. The number of aromatic nitrogens is 3. The van der Waals surface area contributed by atoms with Crippen molar-refractivity contribution in [3.05, 3.63) is 47.0 Å². The van der Waals surface area contributed by atoms with Crippen molar-refractivity contribution in [2.24, 2.45) is 5.41 Å². The normalized spacial score (nSPS) is 16.5. The SMILES string of the molecule is CC(CC(O)(c1nc[nH]n1)C(C)(C)C)c1ccc(Cl)cc1. The van der Waals surface area contributed by atoms with E-state index in [2.05, 4.69) is 22.1 Å². The number of H-pyrrole nitrogens is 1. The molecule has 1 aromatic carbocycles. The van der Waals surface area contributed by atoms with Gasteiger partial charge in [0.25, 0.3) is 0 Å². The van der Waals surface area contributed by atoms with Crippen LogP contribution >= 0.6 is 11.6 Å². The van der Waals surface area contributed by atoms with E-state index in [-0.39, 0.29) is 11.3 Å². The molecule has 21 heavy (non-hydrogen) atoms. The van der Waals surface area contributed by atoms with Crippen LogP contribution < -0.4 is 0 Å². The molecular weight excluding hydrogens is 286 g/mol. The summed E-state index contributed by atoms with van der Waals surface area (Å²) in [6.45, 7) is 8.08. The van der Waals surface area contributed by atoms with E-state index in [4.69, 9.17) is 11.6 Å². The molecule has 1 aromatic heterocycles. The number of aliphatic hydroxyl groups is 1. The Morgan fingerprint density at radius 3 is 2.33 bits per heavy atom. The highest BCUT2D eigenvalue weighted by atomic mass is 35.5. The summed E-state index contributed by atoms with van der Waals surface area (Å²) in [4.78, 5) is 4.18. The van der Waals surface area contributed by atoms with Crippen molar-refractivity contribution in [3.63, 3.8) is 0 Å². The van der Waals surface area contributed by atoms with Crippen LogP contribution in [0.1, 0.15) is 51.4 Å². The molecule has 0 bridgehead atoms. The maximum Gasteiger partial charge on any atom is 0.182 e. The summed E-state index contributed by atoms with van der Waals surface area (Å²) >= 11 is 5.93. The molecule has 0 spiro atoms. The summed E-state index contributed by atoms with van der Waals surface area (Å²) in [7, 11) is 0. The molecule has 0 saturated heterocycles. The number of nitrogens with one attached hydrogen (secondary N) is 1. The summed E-state index contributed by atoms with van der Waals surface area (Å²) < 4.78 is 0. The Labute approximate surface area is 130 Å². The second kappa shape index (κ2) is 5.78. The summed E-state index contributed by atoms with van der Waals surface area (Å²) in [6, 6.07) is 7.73. The van der Waals surface area contributed by atoms with Gasteiger partial charge in [0.1, 0.15) is 11.9 Å². The molecule has 1 heterocycles. The molecule has 0 aliphatic carbocycles. The topological polar surface area (TPSA) is 61.8 Å². The molecule has 0 radical (unpaired) electrons. The van der Waals surface area contributed by atoms with Gasteiger partial charge in [-0.05, 0) is 35.4 Å². The van der Waals surface area contributed by atoms with Gasteiger partial charge in [0.15, 0.2) is 5.82 Å². The van der Waals surface area contributed by atoms with Crippen LogP contribution in [-0.2, 0) is 5.60 Å². The molecule has 0 aliphatic rings. The first-order valence-corrected chi connectivity index (χ1v) is 7.46. The molecule has 2 N–H and O–H groups in total. The molecule has 2 unspecified atom stereocenters. The monoisotopic (exact) mass is 307 g/mol. The van der Waals surface area contributed by atoms with Gasteiger partial charge in [-0.2, -0.15) is 5.10 Å². The molecule has 4 nitrogen and oxygen atoms in total. The third-order valence-corrected chi connectivity index (χ3v) is 4.32. The summed E-state index contributed by atoms with van der Waals surface area (Å²) in [5.74, 6) is 0.598. The first-order chi connectivity index (χ1) is 9.74. The first-order valence-electron chi connectivity index (χ1n) is 7.08.